The molecule has 2 aromatic rings. The molecular weight excluding hydrogens is 266 g/mol. The summed E-state index contributed by atoms with van der Waals surface area (Å²) in [6.45, 7) is 0. The molecule has 0 atom stereocenters. The predicted octanol–water partition coefficient (Wildman–Crippen LogP) is 3.63. The van der Waals surface area contributed by atoms with Gasteiger partial charge in [-0.3, -0.25) is 0 Å². The van der Waals surface area contributed by atoms with Gasteiger partial charge in [-0.15, -0.1) is 0 Å². The third-order valence-corrected chi connectivity index (χ3v) is 2.60. The first-order chi connectivity index (χ1) is 7.78. The molecule has 1 heterocycles. The van der Waals surface area contributed by atoms with E-state index in [1.165, 1.54) is 0 Å². The summed E-state index contributed by atoms with van der Waals surface area (Å²) in [4.78, 5) is 4.38. The van der Waals surface area contributed by atoms with Gasteiger partial charge in [-0.05, 0) is 30.3 Å². The van der Waals surface area contributed by atoms with Crippen molar-refractivity contribution in [3.63, 3.8) is 0 Å². The van der Waals surface area contributed by atoms with E-state index in [1.807, 2.05) is 49.5 Å². The summed E-state index contributed by atoms with van der Waals surface area (Å²) in [6.07, 6.45) is 0. The van der Waals surface area contributed by atoms with Crippen molar-refractivity contribution in [2.75, 3.05) is 17.7 Å². The summed E-state index contributed by atoms with van der Waals surface area (Å²) in [5.74, 6) is 1.67. The number of pyridine rings is 1. The number of anilines is 3. The van der Waals surface area contributed by atoms with E-state index >= 15 is 0 Å². The number of hydrogen-bond acceptors (Lipinski definition) is 3. The van der Waals surface area contributed by atoms with E-state index in [0.717, 1.165) is 21.8 Å². The molecule has 2 N–H and O–H groups in total. The summed E-state index contributed by atoms with van der Waals surface area (Å²) in [5.41, 5.74) is 1.01. The van der Waals surface area contributed by atoms with Crippen molar-refractivity contribution >= 4 is 33.3 Å². The van der Waals surface area contributed by atoms with Crippen LogP contribution in [0, 0.1) is 0 Å². The van der Waals surface area contributed by atoms with Crippen LogP contribution in [0.4, 0.5) is 17.3 Å². The zero-order valence-electron chi connectivity index (χ0n) is 8.87. The molecule has 3 nitrogen and oxygen atoms in total. The molecule has 0 aliphatic carbocycles. The summed E-state index contributed by atoms with van der Waals surface area (Å²) >= 11 is 3.43. The molecule has 0 bridgehead atoms. The SMILES string of the molecule is CNc1cccc(Nc2cccc(Br)c2)n1. The molecule has 1 aromatic heterocycles. The van der Waals surface area contributed by atoms with Gasteiger partial charge in [-0.25, -0.2) is 4.98 Å². The Balaban J connectivity index is 2.20. The molecule has 0 aliphatic rings. The zero-order valence-corrected chi connectivity index (χ0v) is 10.5. The van der Waals surface area contributed by atoms with Gasteiger partial charge in [-0.2, -0.15) is 0 Å². The summed E-state index contributed by atoms with van der Waals surface area (Å²) in [5, 5.41) is 6.24. The Kier molecular flexibility index (Phi) is 3.41. The summed E-state index contributed by atoms with van der Waals surface area (Å²) in [6, 6.07) is 13.8. The van der Waals surface area contributed by atoms with Crippen LogP contribution >= 0.6 is 15.9 Å². The van der Waals surface area contributed by atoms with Crippen LogP contribution in [0.5, 0.6) is 0 Å². The minimum absolute atomic E-state index is 0.824. The molecule has 16 heavy (non-hydrogen) atoms. The fourth-order valence-corrected chi connectivity index (χ4v) is 1.76. The van der Waals surface area contributed by atoms with Gasteiger partial charge < -0.3 is 10.6 Å². The molecule has 82 valence electrons. The molecule has 2 rings (SSSR count). The molecule has 0 aliphatic heterocycles. The van der Waals surface area contributed by atoms with E-state index in [-0.39, 0.29) is 0 Å². The van der Waals surface area contributed by atoms with Crippen molar-refractivity contribution in [3.8, 4) is 0 Å². The standard InChI is InChI=1S/C12H12BrN3/c1-14-11-6-3-7-12(16-11)15-10-5-2-4-9(13)8-10/h2-8H,1H3,(H2,14,15,16). The van der Waals surface area contributed by atoms with E-state index in [1.54, 1.807) is 0 Å². The lowest BCUT2D eigenvalue weighted by molar-refractivity contribution is 1.27. The Labute approximate surface area is 103 Å². The fourth-order valence-electron chi connectivity index (χ4n) is 1.36. The van der Waals surface area contributed by atoms with Gasteiger partial charge in [0, 0.05) is 17.2 Å². The largest absolute Gasteiger partial charge is 0.373 e. The molecule has 0 unspecified atom stereocenters. The molecule has 0 spiro atoms. The van der Waals surface area contributed by atoms with Gasteiger partial charge in [0.25, 0.3) is 0 Å². The van der Waals surface area contributed by atoms with Crippen LogP contribution < -0.4 is 10.6 Å². The molecule has 0 radical (unpaired) electrons. The van der Waals surface area contributed by atoms with Crippen LogP contribution in [0.1, 0.15) is 0 Å². The van der Waals surface area contributed by atoms with Gasteiger partial charge in [-0.1, -0.05) is 28.1 Å². The van der Waals surface area contributed by atoms with E-state index in [9.17, 15) is 0 Å². The molecule has 1 aromatic carbocycles. The first kappa shape index (κ1) is 11.0. The lowest BCUT2D eigenvalue weighted by atomic mass is 10.3. The molecule has 4 heteroatoms. The van der Waals surface area contributed by atoms with Crippen LogP contribution in [0.15, 0.2) is 46.9 Å². The van der Waals surface area contributed by atoms with Gasteiger partial charge in [0.15, 0.2) is 0 Å². The van der Waals surface area contributed by atoms with Crippen molar-refractivity contribution in [3.05, 3.63) is 46.9 Å². The second kappa shape index (κ2) is 4.99. The maximum Gasteiger partial charge on any atom is 0.132 e. The van der Waals surface area contributed by atoms with Gasteiger partial charge in [0.05, 0.1) is 0 Å². The van der Waals surface area contributed by atoms with E-state index < -0.39 is 0 Å². The van der Waals surface area contributed by atoms with Gasteiger partial charge in [0.1, 0.15) is 11.6 Å². The topological polar surface area (TPSA) is 37.0 Å². The molecule has 0 amide bonds. The van der Waals surface area contributed by atoms with Crippen molar-refractivity contribution in [1.29, 1.82) is 0 Å². The van der Waals surface area contributed by atoms with E-state index in [4.69, 9.17) is 0 Å². The minimum Gasteiger partial charge on any atom is -0.373 e. The highest BCUT2D eigenvalue weighted by Crippen LogP contribution is 2.19. The number of halogens is 1. The first-order valence-corrected chi connectivity index (χ1v) is 5.74. The Hall–Kier alpha value is -1.55. The Morgan fingerprint density at radius 3 is 2.56 bits per heavy atom. The monoisotopic (exact) mass is 277 g/mol. The predicted molar refractivity (Wildman–Crippen MR) is 71.2 cm³/mol. The quantitative estimate of drug-likeness (QED) is 0.900. The Morgan fingerprint density at radius 1 is 1.06 bits per heavy atom. The Morgan fingerprint density at radius 2 is 1.81 bits per heavy atom. The number of nitrogens with zero attached hydrogens (tertiary/aromatic N) is 1. The molecule has 0 saturated heterocycles. The number of rotatable bonds is 3. The lowest BCUT2D eigenvalue weighted by Crippen LogP contribution is -1.97. The zero-order chi connectivity index (χ0) is 11.4. The maximum atomic E-state index is 4.38. The van der Waals surface area contributed by atoms with E-state index in [0.29, 0.717) is 0 Å². The van der Waals surface area contributed by atoms with E-state index in [2.05, 4.69) is 31.5 Å². The summed E-state index contributed by atoms with van der Waals surface area (Å²) < 4.78 is 1.04. The average Bonchev–Trinajstić information content (AvgIpc) is 2.29. The number of hydrogen-bond donors (Lipinski definition) is 2. The molecule has 0 saturated carbocycles. The number of aromatic nitrogens is 1. The average molecular weight is 278 g/mol. The number of nitrogens with one attached hydrogen (secondary N) is 2. The van der Waals surface area contributed by atoms with Crippen molar-refractivity contribution in [2.45, 2.75) is 0 Å². The highest BCUT2D eigenvalue weighted by molar-refractivity contribution is 9.10. The third-order valence-electron chi connectivity index (χ3n) is 2.10. The smallest absolute Gasteiger partial charge is 0.132 e. The number of benzene rings is 1. The van der Waals surface area contributed by atoms with Gasteiger partial charge >= 0.3 is 0 Å². The second-order valence-corrected chi connectivity index (χ2v) is 4.21. The minimum atomic E-state index is 0.824. The maximum absolute atomic E-state index is 4.38. The van der Waals surface area contributed by atoms with Crippen molar-refractivity contribution in [2.24, 2.45) is 0 Å². The van der Waals surface area contributed by atoms with Crippen LogP contribution in [0.3, 0.4) is 0 Å². The first-order valence-electron chi connectivity index (χ1n) is 4.95. The van der Waals surface area contributed by atoms with Gasteiger partial charge in [0.2, 0.25) is 0 Å². The third kappa shape index (κ3) is 2.73. The molecular formula is C12H12BrN3. The van der Waals surface area contributed by atoms with Crippen LogP contribution in [-0.2, 0) is 0 Å². The summed E-state index contributed by atoms with van der Waals surface area (Å²) in [7, 11) is 1.85. The lowest BCUT2D eigenvalue weighted by Gasteiger charge is -2.07. The second-order valence-electron chi connectivity index (χ2n) is 3.29. The highest BCUT2D eigenvalue weighted by Gasteiger charge is 1.97. The van der Waals surface area contributed by atoms with Crippen molar-refractivity contribution < 1.29 is 0 Å². The normalized spacial score (nSPS) is 9.88. The fraction of sp³-hybridized carbons (Fsp3) is 0.0833. The molecule has 0 fully saturated rings. The Bertz CT molecular complexity index is 485. The van der Waals surface area contributed by atoms with Crippen LogP contribution in [0.25, 0.3) is 0 Å². The highest BCUT2D eigenvalue weighted by atomic mass is 79.9. The van der Waals surface area contributed by atoms with Crippen LogP contribution in [-0.4, -0.2) is 12.0 Å². The van der Waals surface area contributed by atoms with Crippen LogP contribution in [0.2, 0.25) is 0 Å². The van der Waals surface area contributed by atoms with Crippen molar-refractivity contribution in [1.82, 2.24) is 4.98 Å².